The second-order valence-corrected chi connectivity index (χ2v) is 12.7. The molecule has 4 aromatic carbocycles. The number of nitrogens with zero attached hydrogens (tertiary/aromatic N) is 1. The van der Waals surface area contributed by atoms with E-state index in [1.807, 2.05) is 65.6 Å². The first kappa shape index (κ1) is 29.8. The number of anilines is 1. The number of rotatable bonds is 9. The van der Waals surface area contributed by atoms with Crippen molar-refractivity contribution in [1.29, 1.82) is 0 Å². The van der Waals surface area contributed by atoms with Crippen LogP contribution in [0.5, 0.6) is 5.75 Å². The molecule has 1 heterocycles. The number of fused-ring (bicyclic) bond motifs is 1. The number of carboxylic acid groups (broad SMARTS) is 1. The highest BCUT2D eigenvalue weighted by Gasteiger charge is 2.42. The Kier molecular flexibility index (Phi) is 8.62. The first-order chi connectivity index (χ1) is 21.4. The molecule has 0 radical (unpaired) electrons. The van der Waals surface area contributed by atoms with Crippen molar-refractivity contribution in [2.45, 2.75) is 55.4 Å². The third kappa shape index (κ3) is 5.91. The van der Waals surface area contributed by atoms with Gasteiger partial charge in [0.05, 0.1) is 18.3 Å². The lowest BCUT2D eigenvalue weighted by molar-refractivity contribution is -0.143. The molecule has 0 bridgehead atoms. The van der Waals surface area contributed by atoms with E-state index in [-0.39, 0.29) is 23.6 Å². The van der Waals surface area contributed by atoms with E-state index in [9.17, 15) is 19.5 Å². The monoisotopic (exact) mass is 608 g/mol. The van der Waals surface area contributed by atoms with E-state index in [0.29, 0.717) is 24.3 Å². The Morgan fingerprint density at radius 2 is 1.66 bits per heavy atom. The molecule has 0 aromatic heterocycles. The minimum atomic E-state index is -1.08. The van der Waals surface area contributed by atoms with Crippen molar-refractivity contribution in [3.8, 4) is 5.75 Å². The van der Waals surface area contributed by atoms with Crippen LogP contribution in [0.3, 0.4) is 0 Å². The molecule has 2 amide bonds. The zero-order valence-electron chi connectivity index (χ0n) is 24.7. The van der Waals surface area contributed by atoms with Crippen LogP contribution in [0.4, 0.5) is 5.69 Å². The third-order valence-corrected chi connectivity index (χ3v) is 10.2. The molecule has 1 aliphatic heterocycles. The van der Waals surface area contributed by atoms with E-state index in [1.165, 1.54) is 0 Å². The SMILES string of the molecule is COc1ccc(C2(C(=O)N[C@@H](Cc3ccc(N4C(=O)CSC4c4ccc5ccccc5c4)cc3)C(=O)O)CCCCC2)cc1. The number of hydrogen-bond acceptors (Lipinski definition) is 5. The standard InChI is InChI=1S/C36H36N2O5S/c1-43-30-17-13-28(14-18-30)36(19-5-2-6-20-36)35(42)37-31(34(40)41)21-24-9-15-29(16-10-24)38-32(39)23-44-33(38)27-12-11-25-7-3-4-8-26(25)22-27/h3-4,7-18,22,31,33H,2,5-6,19-21,23H2,1H3,(H,37,42)(H,40,41)/t31-,33?/m0/s1. The van der Waals surface area contributed by atoms with Crippen molar-refractivity contribution in [3.05, 3.63) is 108 Å². The Morgan fingerprint density at radius 3 is 2.34 bits per heavy atom. The van der Waals surface area contributed by atoms with Gasteiger partial charge in [0.15, 0.2) is 0 Å². The summed E-state index contributed by atoms with van der Waals surface area (Å²) in [5.74, 6) is -0.185. The summed E-state index contributed by atoms with van der Waals surface area (Å²) in [5, 5.41) is 15.1. The molecule has 226 valence electrons. The smallest absolute Gasteiger partial charge is 0.326 e. The van der Waals surface area contributed by atoms with Crippen LogP contribution in [0.25, 0.3) is 10.8 Å². The number of carbonyl (C=O) groups excluding carboxylic acids is 2. The lowest BCUT2D eigenvalue weighted by Gasteiger charge is -2.37. The number of benzene rings is 4. The van der Waals surface area contributed by atoms with Crippen LogP contribution >= 0.6 is 11.8 Å². The molecule has 7 nitrogen and oxygen atoms in total. The van der Waals surface area contributed by atoms with Crippen LogP contribution in [0.1, 0.15) is 54.2 Å². The number of carboxylic acids is 1. The molecular weight excluding hydrogens is 572 g/mol. The topological polar surface area (TPSA) is 95.9 Å². The Morgan fingerprint density at radius 1 is 0.955 bits per heavy atom. The van der Waals surface area contributed by atoms with Gasteiger partial charge >= 0.3 is 5.97 Å². The molecule has 2 fully saturated rings. The fraction of sp³-hybridized carbons (Fsp3) is 0.306. The maximum atomic E-state index is 13.8. The van der Waals surface area contributed by atoms with Gasteiger partial charge in [0.1, 0.15) is 17.2 Å². The summed E-state index contributed by atoms with van der Waals surface area (Å²) in [5.41, 5.74) is 2.71. The summed E-state index contributed by atoms with van der Waals surface area (Å²) >= 11 is 1.60. The lowest BCUT2D eigenvalue weighted by Crippen LogP contribution is -2.52. The highest BCUT2D eigenvalue weighted by atomic mass is 32.2. The zero-order valence-corrected chi connectivity index (χ0v) is 25.5. The van der Waals surface area contributed by atoms with Gasteiger partial charge in [-0.05, 0) is 70.6 Å². The van der Waals surface area contributed by atoms with Gasteiger partial charge in [-0.1, -0.05) is 79.9 Å². The van der Waals surface area contributed by atoms with Crippen LogP contribution in [-0.2, 0) is 26.2 Å². The van der Waals surface area contributed by atoms with E-state index in [4.69, 9.17) is 4.74 Å². The number of ether oxygens (including phenoxy) is 1. The maximum absolute atomic E-state index is 13.8. The minimum Gasteiger partial charge on any atom is -0.497 e. The van der Waals surface area contributed by atoms with Gasteiger partial charge in [0.2, 0.25) is 11.8 Å². The van der Waals surface area contributed by atoms with Crippen LogP contribution < -0.4 is 15.0 Å². The average molecular weight is 609 g/mol. The Hall–Kier alpha value is -4.30. The predicted molar refractivity (Wildman–Crippen MR) is 174 cm³/mol. The Bertz CT molecular complexity index is 1660. The molecule has 2 atom stereocenters. The molecule has 1 saturated carbocycles. The first-order valence-electron chi connectivity index (χ1n) is 15.1. The van der Waals surface area contributed by atoms with E-state index in [2.05, 4.69) is 35.6 Å². The van der Waals surface area contributed by atoms with Crippen molar-refractivity contribution >= 4 is 46.0 Å². The van der Waals surface area contributed by atoms with Crippen molar-refractivity contribution in [2.24, 2.45) is 0 Å². The lowest BCUT2D eigenvalue weighted by atomic mass is 9.68. The first-order valence-corrected chi connectivity index (χ1v) is 16.1. The van der Waals surface area contributed by atoms with Crippen LogP contribution in [0.15, 0.2) is 91.0 Å². The predicted octanol–water partition coefficient (Wildman–Crippen LogP) is 6.64. The van der Waals surface area contributed by atoms with Gasteiger partial charge in [0, 0.05) is 12.1 Å². The third-order valence-electron chi connectivity index (χ3n) is 8.97. The van der Waals surface area contributed by atoms with E-state index < -0.39 is 17.4 Å². The molecule has 44 heavy (non-hydrogen) atoms. The molecular formula is C36H36N2O5S. The van der Waals surface area contributed by atoms with Gasteiger partial charge < -0.3 is 15.2 Å². The molecule has 6 rings (SSSR count). The van der Waals surface area contributed by atoms with Gasteiger partial charge in [-0.15, -0.1) is 11.8 Å². The summed E-state index contributed by atoms with van der Waals surface area (Å²) < 4.78 is 5.30. The van der Waals surface area contributed by atoms with Gasteiger partial charge in [-0.2, -0.15) is 0 Å². The fourth-order valence-corrected chi connectivity index (χ4v) is 7.72. The van der Waals surface area contributed by atoms with Crippen molar-refractivity contribution < 1.29 is 24.2 Å². The normalized spacial score (nSPS) is 18.6. The fourth-order valence-electron chi connectivity index (χ4n) is 6.55. The summed E-state index contributed by atoms with van der Waals surface area (Å²) in [6.45, 7) is 0. The molecule has 2 aliphatic rings. The number of hydrogen-bond donors (Lipinski definition) is 2. The van der Waals surface area contributed by atoms with E-state index >= 15 is 0 Å². The molecule has 1 saturated heterocycles. The largest absolute Gasteiger partial charge is 0.497 e. The number of carbonyl (C=O) groups is 3. The van der Waals surface area contributed by atoms with Crippen molar-refractivity contribution in [2.75, 3.05) is 17.8 Å². The molecule has 2 N–H and O–H groups in total. The number of amides is 2. The molecule has 1 unspecified atom stereocenters. The average Bonchev–Trinajstić information content (AvgIpc) is 3.45. The van der Waals surface area contributed by atoms with E-state index in [0.717, 1.165) is 52.4 Å². The number of nitrogens with one attached hydrogen (secondary N) is 1. The van der Waals surface area contributed by atoms with Crippen LogP contribution in [0, 0.1) is 0 Å². The molecule has 8 heteroatoms. The summed E-state index contributed by atoms with van der Waals surface area (Å²) in [6, 6.07) is 28.4. The molecule has 0 spiro atoms. The maximum Gasteiger partial charge on any atom is 0.326 e. The van der Waals surface area contributed by atoms with Gasteiger partial charge in [-0.25, -0.2) is 4.79 Å². The zero-order chi connectivity index (χ0) is 30.7. The minimum absolute atomic E-state index is 0.0351. The van der Waals surface area contributed by atoms with Crippen molar-refractivity contribution in [1.82, 2.24) is 5.32 Å². The van der Waals surface area contributed by atoms with Gasteiger partial charge in [0.25, 0.3) is 0 Å². The Balaban J connectivity index is 1.19. The second-order valence-electron chi connectivity index (χ2n) is 11.6. The summed E-state index contributed by atoms with van der Waals surface area (Å²) in [4.78, 5) is 41.0. The van der Waals surface area contributed by atoms with E-state index in [1.54, 1.807) is 18.9 Å². The Labute approximate surface area is 261 Å². The van der Waals surface area contributed by atoms with Crippen molar-refractivity contribution in [3.63, 3.8) is 0 Å². The second kappa shape index (κ2) is 12.7. The summed E-state index contributed by atoms with van der Waals surface area (Å²) in [7, 11) is 1.60. The number of methoxy groups -OCH3 is 1. The van der Waals surface area contributed by atoms with Gasteiger partial charge in [-0.3, -0.25) is 14.5 Å². The number of aliphatic carboxylic acids is 1. The quantitative estimate of drug-likeness (QED) is 0.221. The summed E-state index contributed by atoms with van der Waals surface area (Å²) in [6.07, 6.45) is 4.36. The molecule has 4 aromatic rings. The highest BCUT2D eigenvalue weighted by Crippen LogP contribution is 2.43. The van der Waals surface area contributed by atoms with Crippen LogP contribution in [-0.4, -0.2) is 41.8 Å². The highest BCUT2D eigenvalue weighted by molar-refractivity contribution is 8.00. The number of thioether (sulfide) groups is 1. The van der Waals surface area contributed by atoms with Crippen LogP contribution in [0.2, 0.25) is 0 Å². The molecule has 1 aliphatic carbocycles.